The number of aromatic nitrogens is 1. The van der Waals surface area contributed by atoms with Crippen LogP contribution in [0.2, 0.25) is 0 Å². The van der Waals surface area contributed by atoms with Gasteiger partial charge in [-0.25, -0.2) is 0 Å². The number of hydrogen-bond donors (Lipinski definition) is 2. The zero-order valence-corrected chi connectivity index (χ0v) is 10.4. The fraction of sp³-hybridized carbons (Fsp3) is 0.500. The van der Waals surface area contributed by atoms with E-state index < -0.39 is 6.04 Å². The Labute approximate surface area is 101 Å². The number of nitrogens with one attached hydrogen (secondary N) is 1. The minimum absolute atomic E-state index is 0.137. The highest BCUT2D eigenvalue weighted by Crippen LogP contribution is 2.22. The average molecular weight is 237 g/mol. The Morgan fingerprint density at radius 1 is 1.65 bits per heavy atom. The molecule has 17 heavy (non-hydrogen) atoms. The van der Waals surface area contributed by atoms with E-state index >= 15 is 0 Å². The number of nitrogens with zero attached hydrogens (tertiary/aromatic N) is 1. The molecule has 0 aliphatic heterocycles. The molecule has 0 aliphatic rings. The van der Waals surface area contributed by atoms with E-state index in [-0.39, 0.29) is 11.8 Å². The van der Waals surface area contributed by atoms with Crippen molar-refractivity contribution >= 4 is 11.6 Å². The SMILES string of the molecule is CCC(C)C(N)C(=O)Nc1cnccc1OC. The minimum Gasteiger partial charge on any atom is -0.494 e. The second-order valence-electron chi connectivity index (χ2n) is 3.98. The smallest absolute Gasteiger partial charge is 0.241 e. The van der Waals surface area contributed by atoms with Gasteiger partial charge in [0, 0.05) is 12.3 Å². The van der Waals surface area contributed by atoms with Gasteiger partial charge < -0.3 is 15.8 Å². The lowest BCUT2D eigenvalue weighted by atomic mass is 9.99. The standard InChI is InChI=1S/C12H19N3O2/c1-4-8(2)11(13)12(16)15-9-7-14-6-5-10(9)17-3/h5-8,11H,4,13H2,1-3H3,(H,15,16). The van der Waals surface area contributed by atoms with Crippen molar-refractivity contribution < 1.29 is 9.53 Å². The Bertz CT molecular complexity index is 382. The molecule has 0 aliphatic carbocycles. The average Bonchev–Trinajstić information content (AvgIpc) is 2.37. The molecule has 0 saturated heterocycles. The number of pyridine rings is 1. The van der Waals surface area contributed by atoms with Crippen LogP contribution in [0.5, 0.6) is 5.75 Å². The summed E-state index contributed by atoms with van der Waals surface area (Å²) in [6, 6.07) is 1.16. The Morgan fingerprint density at radius 3 is 2.94 bits per heavy atom. The van der Waals surface area contributed by atoms with Crippen LogP contribution in [-0.2, 0) is 4.79 Å². The van der Waals surface area contributed by atoms with Crippen molar-refractivity contribution in [3.63, 3.8) is 0 Å². The molecule has 2 atom stereocenters. The molecule has 2 unspecified atom stereocenters. The molecule has 1 heterocycles. The van der Waals surface area contributed by atoms with Gasteiger partial charge in [0.1, 0.15) is 11.4 Å². The number of rotatable bonds is 5. The van der Waals surface area contributed by atoms with Gasteiger partial charge in [-0.05, 0) is 5.92 Å². The Morgan fingerprint density at radius 2 is 2.35 bits per heavy atom. The minimum atomic E-state index is -0.523. The summed E-state index contributed by atoms with van der Waals surface area (Å²) in [5.41, 5.74) is 6.38. The molecule has 5 heteroatoms. The first kappa shape index (κ1) is 13.4. The van der Waals surface area contributed by atoms with Crippen LogP contribution in [0, 0.1) is 5.92 Å². The van der Waals surface area contributed by atoms with Crippen LogP contribution in [0.3, 0.4) is 0 Å². The molecule has 1 aromatic heterocycles. The maximum atomic E-state index is 11.9. The number of amides is 1. The first-order chi connectivity index (χ1) is 8.10. The van der Waals surface area contributed by atoms with E-state index in [1.54, 1.807) is 25.6 Å². The molecule has 0 fully saturated rings. The first-order valence-electron chi connectivity index (χ1n) is 5.64. The molecule has 3 N–H and O–H groups in total. The van der Waals surface area contributed by atoms with Crippen molar-refractivity contribution in [2.75, 3.05) is 12.4 Å². The lowest BCUT2D eigenvalue weighted by Crippen LogP contribution is -2.40. The van der Waals surface area contributed by atoms with Gasteiger partial charge in [0.15, 0.2) is 0 Å². The monoisotopic (exact) mass is 237 g/mol. The van der Waals surface area contributed by atoms with Gasteiger partial charge in [0.25, 0.3) is 0 Å². The van der Waals surface area contributed by atoms with Gasteiger partial charge in [0.05, 0.1) is 19.3 Å². The highest BCUT2D eigenvalue weighted by Gasteiger charge is 2.20. The molecule has 1 rings (SSSR count). The summed E-state index contributed by atoms with van der Waals surface area (Å²) in [7, 11) is 1.54. The Kier molecular flexibility index (Phi) is 4.90. The van der Waals surface area contributed by atoms with Crippen LogP contribution in [-0.4, -0.2) is 24.0 Å². The lowest BCUT2D eigenvalue weighted by molar-refractivity contribution is -0.118. The van der Waals surface area contributed by atoms with Crippen LogP contribution in [0.1, 0.15) is 20.3 Å². The Balaban J connectivity index is 2.74. The Hall–Kier alpha value is -1.62. The van der Waals surface area contributed by atoms with Crippen LogP contribution in [0.15, 0.2) is 18.5 Å². The van der Waals surface area contributed by atoms with E-state index in [0.29, 0.717) is 11.4 Å². The van der Waals surface area contributed by atoms with E-state index in [1.807, 2.05) is 13.8 Å². The summed E-state index contributed by atoms with van der Waals surface area (Å²) >= 11 is 0. The molecule has 0 spiro atoms. The first-order valence-corrected chi connectivity index (χ1v) is 5.64. The van der Waals surface area contributed by atoms with E-state index in [9.17, 15) is 4.79 Å². The third kappa shape index (κ3) is 3.42. The predicted molar refractivity (Wildman–Crippen MR) is 66.8 cm³/mol. The molecule has 0 aromatic carbocycles. The number of anilines is 1. The molecule has 1 aromatic rings. The maximum Gasteiger partial charge on any atom is 0.241 e. The van der Waals surface area contributed by atoms with Crippen molar-refractivity contribution in [3.05, 3.63) is 18.5 Å². The number of ether oxygens (including phenoxy) is 1. The summed E-state index contributed by atoms with van der Waals surface area (Å²) in [4.78, 5) is 15.8. The molecular weight excluding hydrogens is 218 g/mol. The van der Waals surface area contributed by atoms with Gasteiger partial charge in [-0.15, -0.1) is 0 Å². The summed E-state index contributed by atoms with van der Waals surface area (Å²) in [6.07, 6.45) is 4.00. The molecule has 0 radical (unpaired) electrons. The van der Waals surface area contributed by atoms with Gasteiger partial charge in [-0.1, -0.05) is 20.3 Å². The lowest BCUT2D eigenvalue weighted by Gasteiger charge is -2.18. The number of carbonyl (C=O) groups is 1. The third-order valence-electron chi connectivity index (χ3n) is 2.82. The van der Waals surface area contributed by atoms with Crippen LogP contribution >= 0.6 is 0 Å². The van der Waals surface area contributed by atoms with Crippen molar-refractivity contribution in [1.29, 1.82) is 0 Å². The van der Waals surface area contributed by atoms with E-state index in [0.717, 1.165) is 6.42 Å². The highest BCUT2D eigenvalue weighted by molar-refractivity contribution is 5.95. The van der Waals surface area contributed by atoms with Crippen molar-refractivity contribution in [2.45, 2.75) is 26.3 Å². The predicted octanol–water partition coefficient (Wildman–Crippen LogP) is 1.40. The largest absolute Gasteiger partial charge is 0.494 e. The number of nitrogens with two attached hydrogens (primary N) is 1. The fourth-order valence-electron chi connectivity index (χ4n) is 1.38. The van der Waals surface area contributed by atoms with Gasteiger partial charge in [-0.3, -0.25) is 9.78 Å². The van der Waals surface area contributed by atoms with Crippen LogP contribution in [0.4, 0.5) is 5.69 Å². The normalized spacial score (nSPS) is 13.9. The number of carbonyl (C=O) groups excluding carboxylic acids is 1. The molecule has 1 amide bonds. The van der Waals surface area contributed by atoms with Gasteiger partial charge >= 0.3 is 0 Å². The zero-order valence-electron chi connectivity index (χ0n) is 10.4. The molecule has 0 bridgehead atoms. The molecule has 94 valence electrons. The van der Waals surface area contributed by atoms with E-state index in [1.165, 1.54) is 0 Å². The van der Waals surface area contributed by atoms with E-state index in [2.05, 4.69) is 10.3 Å². The molecular formula is C12H19N3O2. The number of hydrogen-bond acceptors (Lipinski definition) is 4. The summed E-state index contributed by atoms with van der Waals surface area (Å²) < 4.78 is 5.12. The summed E-state index contributed by atoms with van der Waals surface area (Å²) in [5, 5.41) is 2.72. The van der Waals surface area contributed by atoms with Crippen molar-refractivity contribution in [1.82, 2.24) is 4.98 Å². The molecule has 0 saturated carbocycles. The van der Waals surface area contributed by atoms with E-state index in [4.69, 9.17) is 10.5 Å². The van der Waals surface area contributed by atoms with Crippen molar-refractivity contribution in [2.24, 2.45) is 11.7 Å². The third-order valence-corrected chi connectivity index (χ3v) is 2.82. The summed E-state index contributed by atoms with van der Waals surface area (Å²) in [6.45, 7) is 3.95. The fourth-order valence-corrected chi connectivity index (χ4v) is 1.38. The topological polar surface area (TPSA) is 77.2 Å². The highest BCUT2D eigenvalue weighted by atomic mass is 16.5. The quantitative estimate of drug-likeness (QED) is 0.811. The van der Waals surface area contributed by atoms with Crippen LogP contribution in [0.25, 0.3) is 0 Å². The zero-order chi connectivity index (χ0) is 12.8. The molecule has 5 nitrogen and oxygen atoms in total. The second kappa shape index (κ2) is 6.20. The number of methoxy groups -OCH3 is 1. The maximum absolute atomic E-state index is 11.9. The van der Waals surface area contributed by atoms with Crippen LogP contribution < -0.4 is 15.8 Å². The second-order valence-corrected chi connectivity index (χ2v) is 3.98. The van der Waals surface area contributed by atoms with Gasteiger partial charge in [-0.2, -0.15) is 0 Å². The van der Waals surface area contributed by atoms with Crippen molar-refractivity contribution in [3.8, 4) is 5.75 Å². The van der Waals surface area contributed by atoms with Gasteiger partial charge in [0.2, 0.25) is 5.91 Å². The summed E-state index contributed by atoms with van der Waals surface area (Å²) in [5.74, 6) is 0.494.